The Bertz CT molecular complexity index is 1020. The number of rotatable bonds is 7. The van der Waals surface area contributed by atoms with Crippen molar-refractivity contribution in [2.75, 3.05) is 38.6 Å². The number of likely N-dealkylation sites (N-methyl/N-ethyl adjacent to an activating group) is 1. The van der Waals surface area contributed by atoms with Crippen LogP contribution in [-0.2, 0) is 4.79 Å². The fourth-order valence-electron chi connectivity index (χ4n) is 3.55. The molecular weight excluding hydrogens is 380 g/mol. The lowest BCUT2D eigenvalue weighted by Gasteiger charge is -2.23. The van der Waals surface area contributed by atoms with E-state index in [1.165, 1.54) is 12.8 Å². The molecule has 1 aliphatic heterocycles. The zero-order chi connectivity index (χ0) is 20.8. The van der Waals surface area contributed by atoms with E-state index >= 15 is 0 Å². The summed E-state index contributed by atoms with van der Waals surface area (Å²) in [6, 6.07) is 9.47. The van der Waals surface area contributed by atoms with Gasteiger partial charge in [-0.3, -0.25) is 9.78 Å². The van der Waals surface area contributed by atoms with E-state index in [0.717, 1.165) is 47.7 Å². The normalized spacial score (nSPS) is 16.2. The summed E-state index contributed by atoms with van der Waals surface area (Å²) in [4.78, 5) is 25.3. The molecule has 2 aromatic heterocycles. The highest BCUT2D eigenvalue weighted by atomic mass is 16.5. The van der Waals surface area contributed by atoms with Crippen LogP contribution in [0.4, 0.5) is 5.82 Å². The van der Waals surface area contributed by atoms with E-state index in [0.29, 0.717) is 11.7 Å². The number of carbonyl (C=O) groups is 1. The molecule has 0 aliphatic carbocycles. The Morgan fingerprint density at radius 2 is 2.17 bits per heavy atom. The molecule has 1 aliphatic rings. The molecular formula is C22H26N6O2. The number of nitrogens with one attached hydrogen (secondary N) is 3. The minimum absolute atomic E-state index is 0.0290. The van der Waals surface area contributed by atoms with Crippen LogP contribution in [0.25, 0.3) is 22.3 Å². The van der Waals surface area contributed by atoms with E-state index in [-0.39, 0.29) is 12.5 Å². The predicted molar refractivity (Wildman–Crippen MR) is 116 cm³/mol. The fraction of sp³-hybridized carbons (Fsp3) is 0.364. The molecule has 4 rings (SSSR count). The summed E-state index contributed by atoms with van der Waals surface area (Å²) in [6.07, 6.45) is 5.77. The summed E-state index contributed by atoms with van der Waals surface area (Å²) >= 11 is 0. The summed E-state index contributed by atoms with van der Waals surface area (Å²) in [5, 5.41) is 9.48. The fourth-order valence-corrected chi connectivity index (χ4v) is 3.55. The van der Waals surface area contributed by atoms with Crippen molar-refractivity contribution in [3.8, 4) is 17.0 Å². The van der Waals surface area contributed by atoms with E-state index in [1.807, 2.05) is 30.3 Å². The number of piperidine rings is 1. The lowest BCUT2D eigenvalue weighted by molar-refractivity contribution is -0.122. The summed E-state index contributed by atoms with van der Waals surface area (Å²) < 4.78 is 5.58. The van der Waals surface area contributed by atoms with Gasteiger partial charge in [-0.15, -0.1) is 0 Å². The van der Waals surface area contributed by atoms with Crippen LogP contribution < -0.4 is 20.7 Å². The van der Waals surface area contributed by atoms with Crippen LogP contribution in [0.1, 0.15) is 12.8 Å². The molecule has 3 heterocycles. The molecule has 8 nitrogen and oxygen atoms in total. The molecule has 3 N–H and O–H groups in total. The van der Waals surface area contributed by atoms with Crippen LogP contribution in [0.15, 0.2) is 42.7 Å². The Hall–Kier alpha value is -3.26. The van der Waals surface area contributed by atoms with Crippen LogP contribution in [0.2, 0.25) is 0 Å². The van der Waals surface area contributed by atoms with E-state index in [2.05, 4.69) is 25.9 Å². The van der Waals surface area contributed by atoms with Crippen molar-refractivity contribution in [3.63, 3.8) is 0 Å². The van der Waals surface area contributed by atoms with Crippen LogP contribution in [0.3, 0.4) is 0 Å². The summed E-state index contributed by atoms with van der Waals surface area (Å²) in [5.74, 6) is 1.73. The first-order chi connectivity index (χ1) is 14.7. The SMILES string of the molecule is CNC(=O)COc1cccc(-c2cc3nccnc3c(NCC3CCCNC3)n2)c1. The minimum atomic E-state index is -0.178. The lowest BCUT2D eigenvalue weighted by atomic mass is 10.00. The third-order valence-electron chi connectivity index (χ3n) is 5.19. The zero-order valence-electron chi connectivity index (χ0n) is 17.0. The maximum absolute atomic E-state index is 11.5. The van der Waals surface area contributed by atoms with Crippen LogP contribution in [-0.4, -0.2) is 54.1 Å². The quantitative estimate of drug-likeness (QED) is 0.553. The second kappa shape index (κ2) is 9.49. The number of pyridine rings is 1. The number of amides is 1. The highest BCUT2D eigenvalue weighted by Gasteiger charge is 2.15. The smallest absolute Gasteiger partial charge is 0.257 e. The van der Waals surface area contributed by atoms with Gasteiger partial charge in [0.1, 0.15) is 11.3 Å². The van der Waals surface area contributed by atoms with Gasteiger partial charge in [0.15, 0.2) is 12.4 Å². The number of nitrogens with zero attached hydrogens (tertiary/aromatic N) is 3. The summed E-state index contributed by atoms with van der Waals surface area (Å²) in [6.45, 7) is 2.92. The number of benzene rings is 1. The van der Waals surface area contributed by atoms with Gasteiger partial charge in [-0.25, -0.2) is 9.97 Å². The first-order valence-electron chi connectivity index (χ1n) is 10.2. The zero-order valence-corrected chi connectivity index (χ0v) is 17.0. The molecule has 8 heteroatoms. The van der Waals surface area contributed by atoms with Gasteiger partial charge in [-0.1, -0.05) is 12.1 Å². The molecule has 1 aromatic carbocycles. The number of hydrogen-bond acceptors (Lipinski definition) is 7. The topological polar surface area (TPSA) is 101 Å². The Balaban J connectivity index is 1.60. The van der Waals surface area contributed by atoms with Crippen LogP contribution >= 0.6 is 0 Å². The molecule has 0 bridgehead atoms. The summed E-state index contributed by atoms with van der Waals surface area (Å²) in [5.41, 5.74) is 3.21. The molecule has 156 valence electrons. The first-order valence-corrected chi connectivity index (χ1v) is 10.2. The molecule has 30 heavy (non-hydrogen) atoms. The van der Waals surface area contributed by atoms with Gasteiger partial charge in [0, 0.05) is 31.5 Å². The number of fused-ring (bicyclic) bond motifs is 1. The Kier molecular flexibility index (Phi) is 6.34. The minimum Gasteiger partial charge on any atom is -0.484 e. The van der Waals surface area contributed by atoms with Crippen molar-refractivity contribution in [1.29, 1.82) is 0 Å². The molecule has 0 saturated carbocycles. The number of ether oxygens (including phenoxy) is 1. The molecule has 1 fully saturated rings. The van der Waals surface area contributed by atoms with Gasteiger partial charge in [0.25, 0.3) is 5.91 Å². The Morgan fingerprint density at radius 1 is 1.27 bits per heavy atom. The van der Waals surface area contributed by atoms with Crippen LogP contribution in [0.5, 0.6) is 5.75 Å². The number of anilines is 1. The molecule has 1 atom stereocenters. The third-order valence-corrected chi connectivity index (χ3v) is 5.19. The molecule has 1 amide bonds. The number of carbonyl (C=O) groups excluding carboxylic acids is 1. The van der Waals surface area contributed by atoms with Crippen molar-refractivity contribution in [2.45, 2.75) is 12.8 Å². The second-order valence-electron chi connectivity index (χ2n) is 7.36. The van der Waals surface area contributed by atoms with E-state index in [9.17, 15) is 4.79 Å². The van der Waals surface area contributed by atoms with Crippen molar-refractivity contribution in [2.24, 2.45) is 5.92 Å². The lowest BCUT2D eigenvalue weighted by Crippen LogP contribution is -2.33. The van der Waals surface area contributed by atoms with E-state index in [1.54, 1.807) is 19.4 Å². The Morgan fingerprint density at radius 3 is 3.00 bits per heavy atom. The van der Waals surface area contributed by atoms with Crippen molar-refractivity contribution < 1.29 is 9.53 Å². The molecule has 1 unspecified atom stereocenters. The number of aromatic nitrogens is 3. The largest absolute Gasteiger partial charge is 0.484 e. The molecule has 0 spiro atoms. The predicted octanol–water partition coefficient (Wildman–Crippen LogP) is 2.23. The first kappa shape index (κ1) is 20.0. The van der Waals surface area contributed by atoms with Crippen molar-refractivity contribution >= 4 is 22.8 Å². The highest BCUT2D eigenvalue weighted by Crippen LogP contribution is 2.28. The molecule has 1 saturated heterocycles. The average molecular weight is 406 g/mol. The van der Waals surface area contributed by atoms with Gasteiger partial charge >= 0.3 is 0 Å². The molecule has 3 aromatic rings. The van der Waals surface area contributed by atoms with Gasteiger partial charge in [-0.05, 0) is 50.0 Å². The van der Waals surface area contributed by atoms with Gasteiger partial charge in [0.05, 0.1) is 11.2 Å². The van der Waals surface area contributed by atoms with Crippen molar-refractivity contribution in [3.05, 3.63) is 42.7 Å². The summed E-state index contributed by atoms with van der Waals surface area (Å²) in [7, 11) is 1.58. The average Bonchev–Trinajstić information content (AvgIpc) is 2.81. The van der Waals surface area contributed by atoms with Gasteiger partial charge in [-0.2, -0.15) is 0 Å². The van der Waals surface area contributed by atoms with Crippen molar-refractivity contribution in [1.82, 2.24) is 25.6 Å². The maximum atomic E-state index is 11.5. The third kappa shape index (κ3) is 4.83. The highest BCUT2D eigenvalue weighted by molar-refractivity contribution is 5.88. The van der Waals surface area contributed by atoms with Gasteiger partial charge in [0.2, 0.25) is 0 Å². The van der Waals surface area contributed by atoms with E-state index < -0.39 is 0 Å². The van der Waals surface area contributed by atoms with E-state index in [4.69, 9.17) is 9.72 Å². The standard InChI is InChI=1S/C22H26N6O2/c1-23-20(29)14-30-17-6-2-5-16(10-17)18-11-19-21(26-9-8-25-19)22(28-18)27-13-15-4-3-7-24-12-15/h2,5-6,8-11,15,24H,3-4,7,12-14H2,1H3,(H,23,29)(H,27,28). The maximum Gasteiger partial charge on any atom is 0.257 e. The Labute approximate surface area is 175 Å². The monoisotopic (exact) mass is 406 g/mol. The van der Waals surface area contributed by atoms with Gasteiger partial charge < -0.3 is 20.7 Å². The number of hydrogen-bond donors (Lipinski definition) is 3. The molecule has 0 radical (unpaired) electrons. The second-order valence-corrected chi connectivity index (χ2v) is 7.36. The van der Waals surface area contributed by atoms with Crippen LogP contribution in [0, 0.1) is 5.92 Å².